The summed E-state index contributed by atoms with van der Waals surface area (Å²) in [6, 6.07) is 0. The molecule has 1 N–H and O–H groups in total. The Labute approximate surface area is 151 Å². The molecule has 24 heavy (non-hydrogen) atoms. The second-order valence-corrected chi connectivity index (χ2v) is 5.74. The first-order chi connectivity index (χ1) is 11.4. The maximum absolute atomic E-state index is 9.75. The van der Waals surface area contributed by atoms with Crippen LogP contribution in [0.1, 0.15) is 40.0 Å². The summed E-state index contributed by atoms with van der Waals surface area (Å²) >= 11 is 2.96. The molecule has 0 bridgehead atoms. The van der Waals surface area contributed by atoms with Gasteiger partial charge in [0.2, 0.25) is 0 Å². The van der Waals surface area contributed by atoms with Crippen molar-refractivity contribution in [1.82, 2.24) is 0 Å². The van der Waals surface area contributed by atoms with Crippen molar-refractivity contribution in [1.29, 1.82) is 0 Å². The van der Waals surface area contributed by atoms with E-state index in [1.807, 2.05) is 20.8 Å². The normalized spacial score (nSPS) is 11.8. The average molecular weight is 376 g/mol. The van der Waals surface area contributed by atoms with Gasteiger partial charge in [0, 0.05) is 0 Å². The molecule has 1 rings (SSSR count). The molecule has 0 spiro atoms. The van der Waals surface area contributed by atoms with Crippen LogP contribution in [0.15, 0.2) is 0 Å². The number of aliphatic hydroxyl groups excluding tert-OH is 1. The molecule has 7 nitrogen and oxygen atoms in total. The molecular weight excluding hydrogens is 356 g/mol. The van der Waals surface area contributed by atoms with Crippen LogP contribution in [-0.2, 0) is 43.8 Å². The summed E-state index contributed by atoms with van der Waals surface area (Å²) in [5.41, 5.74) is -0.0411. The molecule has 132 valence electrons. The third-order valence-corrected chi connectivity index (χ3v) is 3.25. The number of aliphatic hydroxyl groups is 1. The van der Waals surface area contributed by atoms with Crippen LogP contribution in [0.2, 0.25) is 0 Å². The van der Waals surface area contributed by atoms with Gasteiger partial charge in [-0.1, -0.05) is 0 Å². The molecule has 0 aromatic heterocycles. The fraction of sp³-hybridized carbons (Fsp3) is 0.625. The molecule has 0 aromatic rings. The van der Waals surface area contributed by atoms with Gasteiger partial charge in [-0.3, -0.25) is 0 Å². The average Bonchev–Trinajstić information content (AvgIpc) is 3.48. The van der Waals surface area contributed by atoms with Crippen molar-refractivity contribution in [3.63, 3.8) is 0 Å². The standard InChI is InChI=1S/C11H20O2.5CO.Cr/c1-11(2,3)10(12)6-7-13-8-9-4-5-9;5*1-2;/h9-10,12H,4-7H2,1-3H3;;;;;;. The Hall–Kier alpha value is -0.978. The molecule has 1 saturated carbocycles. The van der Waals surface area contributed by atoms with Gasteiger partial charge in [-0.05, 0) is 0 Å². The summed E-state index contributed by atoms with van der Waals surface area (Å²) in [7, 11) is 0. The maximum atomic E-state index is 9.75. The topological polar surface area (TPSA) is 129 Å². The number of rotatable bonds is 5. The minimum absolute atomic E-state index is 0.0411. The van der Waals surface area contributed by atoms with Crippen LogP contribution in [-0.4, -0.2) is 22.4 Å². The summed E-state index contributed by atoms with van der Waals surface area (Å²) in [6.07, 6.45) is 2.94. The van der Waals surface area contributed by atoms with Crippen molar-refractivity contribution in [2.24, 2.45) is 11.3 Å². The van der Waals surface area contributed by atoms with E-state index in [0.29, 0.717) is 18.9 Å². The van der Waals surface area contributed by atoms with Gasteiger partial charge < -0.3 is 0 Å². The molecule has 0 amide bonds. The van der Waals surface area contributed by atoms with Crippen LogP contribution in [0.25, 0.3) is 0 Å². The predicted octanol–water partition coefficient (Wildman–Crippen LogP) is 1.70. The summed E-state index contributed by atoms with van der Waals surface area (Å²) in [6.45, 7) is 29.3. The number of ether oxygens (including phenoxy) is 1. The fourth-order valence-corrected chi connectivity index (χ4v) is 1.64. The Morgan fingerprint density at radius 3 is 1.58 bits per heavy atom. The Morgan fingerprint density at radius 2 is 1.33 bits per heavy atom. The first-order valence-corrected chi connectivity index (χ1v) is 6.92. The molecule has 1 aliphatic carbocycles. The third-order valence-electron chi connectivity index (χ3n) is 2.55. The monoisotopic (exact) mass is 376 g/mol. The molecule has 0 heterocycles. The van der Waals surface area contributed by atoms with Crippen LogP contribution in [0.4, 0.5) is 0 Å². The molecule has 1 aliphatic rings. The molecule has 8 heteroatoms. The van der Waals surface area contributed by atoms with Crippen LogP contribution < -0.4 is 0 Å². The van der Waals surface area contributed by atoms with Crippen molar-refractivity contribution in [2.75, 3.05) is 6.61 Å². The van der Waals surface area contributed by atoms with E-state index in [4.69, 9.17) is 28.0 Å². The summed E-state index contributed by atoms with van der Waals surface area (Å²) in [5, 5.41) is 9.75. The first-order valence-electron chi connectivity index (χ1n) is 6.28. The van der Waals surface area contributed by atoms with E-state index in [-0.39, 0.29) is 11.5 Å². The van der Waals surface area contributed by atoms with Crippen molar-refractivity contribution < 1.29 is 49.0 Å². The van der Waals surface area contributed by atoms with Crippen LogP contribution in [0.5, 0.6) is 0 Å². The molecule has 1 unspecified atom stereocenters. The van der Waals surface area contributed by atoms with E-state index in [0.717, 1.165) is 4.57 Å². The van der Waals surface area contributed by atoms with Crippen molar-refractivity contribution >= 4 is 4.57 Å². The molecule has 0 aromatic carbocycles. The molecule has 1 fully saturated rings. The second kappa shape index (κ2) is 26.9. The Bertz CT molecular complexity index is 349. The van der Waals surface area contributed by atoms with E-state index in [2.05, 4.69) is 49.1 Å². The Morgan fingerprint density at radius 1 is 1.00 bits per heavy atom. The zero-order chi connectivity index (χ0) is 20.8. The van der Waals surface area contributed by atoms with E-state index in [1.54, 1.807) is 0 Å². The van der Waals surface area contributed by atoms with Gasteiger partial charge in [-0.25, -0.2) is 0 Å². The number of hydrogen-bond acceptors (Lipinski definition) is 2. The quantitative estimate of drug-likeness (QED) is 0.578. The third kappa shape index (κ3) is 25.9. The molecule has 0 aliphatic heterocycles. The van der Waals surface area contributed by atoms with Gasteiger partial charge in [0.1, 0.15) is 0 Å². The van der Waals surface area contributed by atoms with Gasteiger partial charge >= 0.3 is 151 Å². The molecular formula is C16H20CrO7. The van der Waals surface area contributed by atoms with Crippen LogP contribution in [0, 0.1) is 44.6 Å². The summed E-state index contributed by atoms with van der Waals surface area (Å²) in [4.78, 5) is 0. The van der Waals surface area contributed by atoms with E-state index < -0.39 is 0 Å². The van der Waals surface area contributed by atoms with Gasteiger partial charge in [0.05, 0.1) is 0 Å². The fourth-order valence-electron chi connectivity index (χ4n) is 1.14. The van der Waals surface area contributed by atoms with E-state index >= 15 is 0 Å². The van der Waals surface area contributed by atoms with Gasteiger partial charge in [0.15, 0.2) is 0 Å². The predicted molar refractivity (Wildman–Crippen MR) is 73.4 cm³/mol. The second-order valence-electron chi connectivity index (χ2n) is 5.11. The summed E-state index contributed by atoms with van der Waals surface area (Å²) < 4.78 is 44.1. The summed E-state index contributed by atoms with van der Waals surface area (Å²) in [5.74, 6) is 0.654. The van der Waals surface area contributed by atoms with Gasteiger partial charge in [-0.2, -0.15) is 0 Å². The van der Waals surface area contributed by atoms with Gasteiger partial charge in [-0.15, -0.1) is 0 Å². The molecule has 0 radical (unpaired) electrons. The zero-order valence-corrected chi connectivity index (χ0v) is 15.1. The molecule has 0 saturated heterocycles. The Kier molecular flexibility index (Phi) is 38.5. The zero-order valence-electron chi connectivity index (χ0n) is 13.8. The minimum atomic E-state index is -0.283. The number of hydrogen-bond donors (Lipinski definition) is 1. The SMILES string of the molecule is CC(C)(C)C(O)CCO[C](=[Cr])C1CC1.[C-]#[O+].[C-]#[O+].[C-]#[O+].[C-]#[O+].[C-]#[O+]. The van der Waals surface area contributed by atoms with E-state index in [1.165, 1.54) is 12.8 Å². The van der Waals surface area contributed by atoms with Gasteiger partial charge in [0.25, 0.3) is 0 Å². The van der Waals surface area contributed by atoms with Crippen molar-refractivity contribution in [3.8, 4) is 0 Å². The Balaban J connectivity index is -0.000000103. The van der Waals surface area contributed by atoms with E-state index in [9.17, 15) is 5.11 Å². The van der Waals surface area contributed by atoms with Crippen molar-refractivity contribution in [3.05, 3.63) is 33.3 Å². The van der Waals surface area contributed by atoms with Crippen LogP contribution in [0.3, 0.4) is 0 Å². The molecule has 1 atom stereocenters. The van der Waals surface area contributed by atoms with Crippen molar-refractivity contribution in [2.45, 2.75) is 46.1 Å². The first kappa shape index (κ1) is 34.4. The van der Waals surface area contributed by atoms with Crippen LogP contribution >= 0.6 is 0 Å².